The van der Waals surface area contributed by atoms with Crippen molar-refractivity contribution in [2.75, 3.05) is 31.1 Å². The van der Waals surface area contributed by atoms with Gasteiger partial charge in [-0.05, 0) is 6.92 Å². The normalized spacial score (nSPS) is 27.7. The summed E-state index contributed by atoms with van der Waals surface area (Å²) in [5.74, 6) is -1.42. The molecule has 2 rings (SSSR count). The zero-order chi connectivity index (χ0) is 13.5. The number of nitrogens with zero attached hydrogens (tertiary/aromatic N) is 2. The van der Waals surface area contributed by atoms with Crippen LogP contribution in [0.2, 0.25) is 0 Å². The summed E-state index contributed by atoms with van der Waals surface area (Å²) >= 11 is 0. The van der Waals surface area contributed by atoms with E-state index in [1.54, 1.807) is 6.92 Å². The highest BCUT2D eigenvalue weighted by atomic mass is 32.2. The molecule has 1 atom stereocenters. The smallest absolute Gasteiger partial charge is 0.320 e. The van der Waals surface area contributed by atoms with Crippen LogP contribution in [0, 0.1) is 5.92 Å². The number of urea groups is 1. The fourth-order valence-electron chi connectivity index (χ4n) is 2.26. The van der Waals surface area contributed by atoms with Gasteiger partial charge in [-0.25, -0.2) is 13.2 Å². The maximum absolute atomic E-state index is 12.0. The second-order valence-corrected chi connectivity index (χ2v) is 7.11. The average Bonchev–Trinajstić information content (AvgIpc) is 2.12. The van der Waals surface area contributed by atoms with E-state index in [1.165, 1.54) is 9.80 Å². The Kier molecular flexibility index (Phi) is 3.22. The number of hydrogen-bond donors (Lipinski definition) is 1. The Hall–Kier alpha value is -1.31. The van der Waals surface area contributed by atoms with Crippen LogP contribution in [0.25, 0.3) is 0 Å². The molecule has 2 aliphatic heterocycles. The Morgan fingerprint density at radius 2 is 1.89 bits per heavy atom. The molecule has 0 saturated carbocycles. The molecule has 0 bridgehead atoms. The average molecular weight is 276 g/mol. The van der Waals surface area contributed by atoms with Gasteiger partial charge in [-0.3, -0.25) is 4.79 Å². The summed E-state index contributed by atoms with van der Waals surface area (Å²) in [6.45, 7) is 2.31. The first kappa shape index (κ1) is 13.1. The van der Waals surface area contributed by atoms with Crippen LogP contribution in [0.15, 0.2) is 0 Å². The summed E-state index contributed by atoms with van der Waals surface area (Å²) in [5.41, 5.74) is 0. The Morgan fingerprint density at radius 1 is 1.28 bits per heavy atom. The molecule has 102 valence electrons. The summed E-state index contributed by atoms with van der Waals surface area (Å²) in [6.07, 6.45) is 0. The molecule has 2 aliphatic rings. The van der Waals surface area contributed by atoms with Gasteiger partial charge >= 0.3 is 12.0 Å². The topological polar surface area (TPSA) is 95.0 Å². The predicted molar refractivity (Wildman–Crippen MR) is 62.9 cm³/mol. The van der Waals surface area contributed by atoms with Crippen molar-refractivity contribution < 1.29 is 23.1 Å². The van der Waals surface area contributed by atoms with Gasteiger partial charge in [0.2, 0.25) is 0 Å². The maximum atomic E-state index is 12.0. The molecule has 2 saturated heterocycles. The number of carboxylic acid groups (broad SMARTS) is 1. The highest BCUT2D eigenvalue weighted by Crippen LogP contribution is 2.20. The third-order valence-corrected chi connectivity index (χ3v) is 5.21. The molecule has 1 unspecified atom stereocenters. The summed E-state index contributed by atoms with van der Waals surface area (Å²) < 4.78 is 22.8. The van der Waals surface area contributed by atoms with Gasteiger partial charge < -0.3 is 14.9 Å². The van der Waals surface area contributed by atoms with Gasteiger partial charge in [-0.2, -0.15) is 0 Å². The largest absolute Gasteiger partial charge is 0.481 e. The minimum absolute atomic E-state index is 0.0146. The molecule has 0 aliphatic carbocycles. The zero-order valence-corrected chi connectivity index (χ0v) is 10.9. The van der Waals surface area contributed by atoms with E-state index >= 15 is 0 Å². The SMILES string of the molecule is CC1CS(=O)(=O)CCN1C(=O)N1CC(C(=O)O)C1. The highest BCUT2D eigenvalue weighted by molar-refractivity contribution is 7.91. The summed E-state index contributed by atoms with van der Waals surface area (Å²) in [6, 6.07) is -0.602. The number of amides is 2. The van der Waals surface area contributed by atoms with Crippen LogP contribution in [0.4, 0.5) is 4.79 Å². The van der Waals surface area contributed by atoms with Crippen LogP contribution in [-0.4, -0.2) is 72.5 Å². The third-order valence-electron chi connectivity index (χ3n) is 3.42. The molecular formula is C10H16N2O5S. The van der Waals surface area contributed by atoms with Crippen molar-refractivity contribution >= 4 is 21.8 Å². The van der Waals surface area contributed by atoms with E-state index < -0.39 is 21.7 Å². The maximum Gasteiger partial charge on any atom is 0.320 e. The zero-order valence-electron chi connectivity index (χ0n) is 10.1. The van der Waals surface area contributed by atoms with Crippen LogP contribution in [0.5, 0.6) is 0 Å². The van der Waals surface area contributed by atoms with Crippen LogP contribution in [-0.2, 0) is 14.6 Å². The second kappa shape index (κ2) is 4.42. The lowest BCUT2D eigenvalue weighted by atomic mass is 10.0. The molecule has 1 N–H and O–H groups in total. The van der Waals surface area contributed by atoms with Gasteiger partial charge in [0, 0.05) is 25.7 Å². The van der Waals surface area contributed by atoms with Gasteiger partial charge in [0.1, 0.15) is 0 Å². The summed E-state index contributed by atoms with van der Waals surface area (Å²) in [4.78, 5) is 25.6. The molecule has 2 heterocycles. The summed E-state index contributed by atoms with van der Waals surface area (Å²) in [5, 5.41) is 8.73. The van der Waals surface area contributed by atoms with Crippen LogP contribution in [0.1, 0.15) is 6.92 Å². The minimum atomic E-state index is -3.04. The van der Waals surface area contributed by atoms with Gasteiger partial charge in [-0.15, -0.1) is 0 Å². The quantitative estimate of drug-likeness (QED) is 0.679. The van der Waals surface area contributed by atoms with E-state index in [1.807, 2.05) is 0 Å². The van der Waals surface area contributed by atoms with Gasteiger partial charge in [0.25, 0.3) is 0 Å². The van der Waals surface area contributed by atoms with E-state index in [9.17, 15) is 18.0 Å². The third kappa shape index (κ3) is 2.43. The number of rotatable bonds is 1. The number of hydrogen-bond acceptors (Lipinski definition) is 4. The number of likely N-dealkylation sites (tertiary alicyclic amines) is 1. The van der Waals surface area contributed by atoms with E-state index in [0.29, 0.717) is 0 Å². The van der Waals surface area contributed by atoms with E-state index in [2.05, 4.69) is 0 Å². The molecule has 0 spiro atoms. The molecule has 0 radical (unpaired) electrons. The first-order chi connectivity index (χ1) is 8.30. The highest BCUT2D eigenvalue weighted by Gasteiger charge is 2.40. The fourth-order valence-corrected chi connectivity index (χ4v) is 3.81. The lowest BCUT2D eigenvalue weighted by Gasteiger charge is -2.43. The molecule has 0 aromatic heterocycles. The van der Waals surface area contributed by atoms with Crippen LogP contribution >= 0.6 is 0 Å². The Bertz CT molecular complexity index is 469. The van der Waals surface area contributed by atoms with Crippen molar-refractivity contribution in [2.24, 2.45) is 5.92 Å². The number of carbonyl (C=O) groups is 2. The minimum Gasteiger partial charge on any atom is -0.481 e. The molecule has 7 nitrogen and oxygen atoms in total. The number of carboxylic acids is 1. The lowest BCUT2D eigenvalue weighted by molar-refractivity contribution is -0.146. The molecule has 18 heavy (non-hydrogen) atoms. The first-order valence-corrected chi connectivity index (χ1v) is 7.61. The molecule has 8 heteroatoms. The first-order valence-electron chi connectivity index (χ1n) is 5.79. The Balaban J connectivity index is 1.93. The van der Waals surface area contributed by atoms with E-state index in [0.717, 1.165) is 0 Å². The monoisotopic (exact) mass is 276 g/mol. The molecular weight excluding hydrogens is 260 g/mol. The van der Waals surface area contributed by atoms with Gasteiger partial charge in [0.05, 0.1) is 17.4 Å². The lowest BCUT2D eigenvalue weighted by Crippen LogP contribution is -2.61. The second-order valence-electron chi connectivity index (χ2n) is 4.88. The van der Waals surface area contributed by atoms with Gasteiger partial charge in [-0.1, -0.05) is 0 Å². The van der Waals surface area contributed by atoms with Crippen molar-refractivity contribution in [1.29, 1.82) is 0 Å². The molecule has 2 amide bonds. The molecule has 0 aromatic carbocycles. The van der Waals surface area contributed by atoms with E-state index in [4.69, 9.17) is 5.11 Å². The summed E-state index contributed by atoms with van der Waals surface area (Å²) in [7, 11) is -3.04. The number of sulfone groups is 1. The Labute approximate surface area is 105 Å². The van der Waals surface area contributed by atoms with Crippen LogP contribution < -0.4 is 0 Å². The Morgan fingerprint density at radius 3 is 2.39 bits per heavy atom. The van der Waals surface area contributed by atoms with Crippen molar-refractivity contribution in [1.82, 2.24) is 9.80 Å². The van der Waals surface area contributed by atoms with Crippen molar-refractivity contribution in [3.05, 3.63) is 0 Å². The predicted octanol–water partition coefficient (Wildman–Crippen LogP) is -0.758. The number of carbonyl (C=O) groups excluding carboxylic acids is 1. The van der Waals surface area contributed by atoms with E-state index in [-0.39, 0.29) is 43.2 Å². The van der Waals surface area contributed by atoms with Crippen LogP contribution in [0.3, 0.4) is 0 Å². The molecule has 2 fully saturated rings. The number of aliphatic carboxylic acids is 1. The van der Waals surface area contributed by atoms with Crippen molar-refractivity contribution in [3.8, 4) is 0 Å². The van der Waals surface area contributed by atoms with Crippen molar-refractivity contribution in [3.63, 3.8) is 0 Å². The van der Waals surface area contributed by atoms with Gasteiger partial charge in [0.15, 0.2) is 9.84 Å². The van der Waals surface area contributed by atoms with Crippen molar-refractivity contribution in [2.45, 2.75) is 13.0 Å². The standard InChI is InChI=1S/C10H16N2O5S/c1-7-6-18(16,17)3-2-12(7)10(15)11-4-8(5-11)9(13)14/h7-8H,2-6H2,1H3,(H,13,14). The molecule has 0 aromatic rings. The fraction of sp³-hybridized carbons (Fsp3) is 0.800.